The summed E-state index contributed by atoms with van der Waals surface area (Å²) in [5.74, 6) is -1.42. The van der Waals surface area contributed by atoms with E-state index in [0.717, 1.165) is 0 Å². The smallest absolute Gasteiger partial charge is 0.408 e. The van der Waals surface area contributed by atoms with Gasteiger partial charge in [-0.2, -0.15) is 0 Å². The summed E-state index contributed by atoms with van der Waals surface area (Å²) in [6.07, 6.45) is -0.416. The molecule has 0 radical (unpaired) electrons. The lowest BCUT2D eigenvalue weighted by molar-refractivity contribution is -0.139. The van der Waals surface area contributed by atoms with E-state index in [1.54, 1.807) is 20.8 Å². The van der Waals surface area contributed by atoms with Gasteiger partial charge in [-0.3, -0.25) is 4.79 Å². The number of phenols is 1. The molecular formula is C15H19NO6. The van der Waals surface area contributed by atoms with Gasteiger partial charge in [0, 0.05) is 6.42 Å². The SMILES string of the molecule is CC(C)(C)OC(=O)N[C@@H](Cc1ccc(O)c(C=O)c1)C(=O)O. The van der Waals surface area contributed by atoms with E-state index in [1.807, 2.05) is 0 Å². The zero-order valence-corrected chi connectivity index (χ0v) is 12.6. The molecule has 0 heterocycles. The Hall–Kier alpha value is -2.57. The molecule has 0 aromatic heterocycles. The molecule has 3 N–H and O–H groups in total. The molecule has 0 unspecified atom stereocenters. The monoisotopic (exact) mass is 309 g/mol. The molecule has 0 aliphatic heterocycles. The zero-order chi connectivity index (χ0) is 16.9. The molecule has 1 aromatic carbocycles. The van der Waals surface area contributed by atoms with Crippen LogP contribution in [-0.2, 0) is 16.0 Å². The van der Waals surface area contributed by atoms with E-state index in [-0.39, 0.29) is 17.7 Å². The van der Waals surface area contributed by atoms with Gasteiger partial charge in [-0.1, -0.05) is 6.07 Å². The number of phenolic OH excluding ortho intramolecular Hbond substituents is 1. The van der Waals surface area contributed by atoms with E-state index in [9.17, 15) is 24.6 Å². The molecule has 0 saturated heterocycles. The molecule has 7 nitrogen and oxygen atoms in total. The van der Waals surface area contributed by atoms with Crippen molar-refractivity contribution < 1.29 is 29.3 Å². The topological polar surface area (TPSA) is 113 Å². The number of carbonyl (C=O) groups excluding carboxylic acids is 2. The van der Waals surface area contributed by atoms with Crippen molar-refractivity contribution in [3.63, 3.8) is 0 Å². The van der Waals surface area contributed by atoms with E-state index in [4.69, 9.17) is 4.74 Å². The Bertz CT molecular complexity index is 576. The number of aliphatic carboxylic acids is 1. The number of carboxylic acid groups (broad SMARTS) is 1. The first-order valence-electron chi connectivity index (χ1n) is 6.62. The maximum Gasteiger partial charge on any atom is 0.408 e. The Balaban J connectivity index is 2.83. The number of rotatable bonds is 5. The van der Waals surface area contributed by atoms with Gasteiger partial charge >= 0.3 is 12.1 Å². The predicted octanol–water partition coefficient (Wildman–Crippen LogP) is 1.73. The second kappa shape index (κ2) is 6.93. The summed E-state index contributed by atoms with van der Waals surface area (Å²) < 4.78 is 5.01. The van der Waals surface area contributed by atoms with Gasteiger partial charge in [0.15, 0.2) is 6.29 Å². The van der Waals surface area contributed by atoms with Crippen molar-refractivity contribution in [1.29, 1.82) is 0 Å². The Morgan fingerprint density at radius 1 is 1.36 bits per heavy atom. The Morgan fingerprint density at radius 3 is 2.50 bits per heavy atom. The van der Waals surface area contributed by atoms with Crippen LogP contribution in [-0.4, -0.2) is 40.2 Å². The number of benzene rings is 1. The molecule has 0 saturated carbocycles. The normalized spacial score (nSPS) is 12.3. The Morgan fingerprint density at radius 2 is 2.00 bits per heavy atom. The fourth-order valence-electron chi connectivity index (χ4n) is 1.71. The number of carbonyl (C=O) groups is 3. The van der Waals surface area contributed by atoms with Gasteiger partial charge in [0.05, 0.1) is 5.56 Å². The van der Waals surface area contributed by atoms with Crippen LogP contribution in [0.3, 0.4) is 0 Å². The fourth-order valence-corrected chi connectivity index (χ4v) is 1.71. The van der Waals surface area contributed by atoms with Crippen LogP contribution in [0.1, 0.15) is 36.7 Å². The summed E-state index contributed by atoms with van der Waals surface area (Å²) in [6.45, 7) is 5.00. The summed E-state index contributed by atoms with van der Waals surface area (Å²) >= 11 is 0. The molecule has 120 valence electrons. The molecule has 0 bridgehead atoms. The molecule has 7 heteroatoms. The summed E-state index contributed by atoms with van der Waals surface area (Å²) in [5.41, 5.74) is -0.196. The van der Waals surface area contributed by atoms with Crippen molar-refractivity contribution in [3.05, 3.63) is 29.3 Å². The standard InChI is InChI=1S/C15H19NO6/c1-15(2,3)22-14(21)16-11(13(19)20)7-9-4-5-12(18)10(6-9)8-17/h4-6,8,11,18H,7H2,1-3H3,(H,16,21)(H,19,20)/t11-/m0/s1. The van der Waals surface area contributed by atoms with E-state index < -0.39 is 23.7 Å². The van der Waals surface area contributed by atoms with Crippen LogP contribution in [0.15, 0.2) is 18.2 Å². The third-order valence-corrected chi connectivity index (χ3v) is 2.65. The van der Waals surface area contributed by atoms with Crippen LogP contribution in [0.5, 0.6) is 5.75 Å². The molecule has 0 aliphatic carbocycles. The second-order valence-electron chi connectivity index (χ2n) is 5.75. The number of hydrogen-bond acceptors (Lipinski definition) is 5. The van der Waals surface area contributed by atoms with Gasteiger partial charge in [-0.25, -0.2) is 9.59 Å². The van der Waals surface area contributed by atoms with Crippen LogP contribution in [0.4, 0.5) is 4.79 Å². The maximum absolute atomic E-state index is 11.6. The number of aldehydes is 1. The minimum atomic E-state index is -1.23. The summed E-state index contributed by atoms with van der Waals surface area (Å²) in [4.78, 5) is 33.7. The van der Waals surface area contributed by atoms with Gasteiger partial charge in [-0.15, -0.1) is 0 Å². The first-order chi connectivity index (χ1) is 10.1. The molecule has 0 aliphatic rings. The first kappa shape index (κ1) is 17.5. The van der Waals surface area contributed by atoms with Crippen molar-refractivity contribution in [2.45, 2.75) is 38.8 Å². The van der Waals surface area contributed by atoms with Gasteiger partial charge in [-0.05, 0) is 38.5 Å². The molecule has 1 atom stereocenters. The highest BCUT2D eigenvalue weighted by molar-refractivity contribution is 5.81. The van der Waals surface area contributed by atoms with Gasteiger partial charge in [0.25, 0.3) is 0 Å². The average molecular weight is 309 g/mol. The third kappa shape index (κ3) is 5.43. The number of hydrogen-bond donors (Lipinski definition) is 3. The Labute approximate surface area is 127 Å². The number of ether oxygens (including phenoxy) is 1. The lowest BCUT2D eigenvalue weighted by atomic mass is 10.0. The minimum Gasteiger partial charge on any atom is -0.507 e. The van der Waals surface area contributed by atoms with Crippen LogP contribution in [0, 0.1) is 0 Å². The zero-order valence-electron chi connectivity index (χ0n) is 12.6. The third-order valence-electron chi connectivity index (χ3n) is 2.65. The van der Waals surface area contributed by atoms with Crippen molar-refractivity contribution in [3.8, 4) is 5.75 Å². The molecule has 1 amide bonds. The summed E-state index contributed by atoms with van der Waals surface area (Å²) in [5, 5.41) is 20.8. The van der Waals surface area contributed by atoms with Crippen molar-refractivity contribution >= 4 is 18.3 Å². The highest BCUT2D eigenvalue weighted by Crippen LogP contribution is 2.17. The van der Waals surface area contributed by atoms with Crippen molar-refractivity contribution in [2.24, 2.45) is 0 Å². The highest BCUT2D eigenvalue weighted by atomic mass is 16.6. The lowest BCUT2D eigenvalue weighted by Crippen LogP contribution is -2.44. The Kier molecular flexibility index (Phi) is 5.50. The highest BCUT2D eigenvalue weighted by Gasteiger charge is 2.24. The first-order valence-corrected chi connectivity index (χ1v) is 6.62. The molecule has 0 fully saturated rings. The van der Waals surface area contributed by atoms with Gasteiger partial charge in [0.1, 0.15) is 17.4 Å². The minimum absolute atomic E-state index is 0.0459. The molecular weight excluding hydrogens is 290 g/mol. The summed E-state index contributed by atoms with van der Waals surface area (Å²) in [6, 6.07) is 2.94. The number of amides is 1. The number of nitrogens with one attached hydrogen (secondary N) is 1. The number of carboxylic acids is 1. The lowest BCUT2D eigenvalue weighted by Gasteiger charge is -2.22. The van der Waals surface area contributed by atoms with Crippen LogP contribution >= 0.6 is 0 Å². The molecule has 22 heavy (non-hydrogen) atoms. The maximum atomic E-state index is 11.6. The summed E-state index contributed by atoms with van der Waals surface area (Å²) in [7, 11) is 0. The van der Waals surface area contributed by atoms with Crippen molar-refractivity contribution in [1.82, 2.24) is 5.32 Å². The molecule has 1 aromatic rings. The number of alkyl carbamates (subject to hydrolysis) is 1. The fraction of sp³-hybridized carbons (Fsp3) is 0.400. The van der Waals surface area contributed by atoms with Gasteiger partial charge in [0.2, 0.25) is 0 Å². The quantitative estimate of drug-likeness (QED) is 0.714. The van der Waals surface area contributed by atoms with E-state index >= 15 is 0 Å². The van der Waals surface area contributed by atoms with Crippen LogP contribution in [0.2, 0.25) is 0 Å². The molecule has 1 rings (SSSR count). The van der Waals surface area contributed by atoms with E-state index in [2.05, 4.69) is 5.32 Å². The average Bonchev–Trinajstić information content (AvgIpc) is 2.37. The predicted molar refractivity (Wildman–Crippen MR) is 78.0 cm³/mol. The van der Waals surface area contributed by atoms with E-state index in [1.165, 1.54) is 18.2 Å². The van der Waals surface area contributed by atoms with Crippen molar-refractivity contribution in [2.75, 3.05) is 0 Å². The largest absolute Gasteiger partial charge is 0.507 e. The van der Waals surface area contributed by atoms with Gasteiger partial charge < -0.3 is 20.3 Å². The van der Waals surface area contributed by atoms with Crippen LogP contribution < -0.4 is 5.32 Å². The second-order valence-corrected chi connectivity index (χ2v) is 5.75. The van der Waals surface area contributed by atoms with Crippen LogP contribution in [0.25, 0.3) is 0 Å². The molecule has 0 spiro atoms. The number of aromatic hydroxyl groups is 1. The van der Waals surface area contributed by atoms with E-state index in [0.29, 0.717) is 11.8 Å².